The van der Waals surface area contributed by atoms with Crippen LogP contribution in [0.15, 0.2) is 55.0 Å². The predicted molar refractivity (Wildman–Crippen MR) is 100 cm³/mol. The molecular weight excluding hydrogens is 328 g/mol. The van der Waals surface area contributed by atoms with Gasteiger partial charge in [0, 0.05) is 42.3 Å². The fraction of sp³-hybridized carbons (Fsp3) is 0.158. The van der Waals surface area contributed by atoms with E-state index in [1.165, 1.54) is 0 Å². The van der Waals surface area contributed by atoms with E-state index in [0.29, 0.717) is 18.1 Å². The lowest BCUT2D eigenvalue weighted by atomic mass is 10.1. The molecular formula is C19H18N6O. The molecule has 130 valence electrons. The smallest absolute Gasteiger partial charge is 0.251 e. The van der Waals surface area contributed by atoms with E-state index in [1.807, 2.05) is 24.3 Å². The third-order valence-electron chi connectivity index (χ3n) is 4.09. The summed E-state index contributed by atoms with van der Waals surface area (Å²) in [5.74, 6) is 0.373. The van der Waals surface area contributed by atoms with Crippen molar-refractivity contribution in [3.05, 3.63) is 60.6 Å². The van der Waals surface area contributed by atoms with Crippen LogP contribution in [-0.2, 0) is 0 Å². The highest BCUT2D eigenvalue weighted by Crippen LogP contribution is 2.26. The van der Waals surface area contributed by atoms with Crippen LogP contribution >= 0.6 is 0 Å². The Hall–Kier alpha value is -3.48. The molecule has 0 fully saturated rings. The van der Waals surface area contributed by atoms with Crippen molar-refractivity contribution in [3.8, 4) is 11.3 Å². The van der Waals surface area contributed by atoms with Crippen LogP contribution < -0.4 is 16.0 Å². The highest BCUT2D eigenvalue weighted by atomic mass is 16.1. The second-order valence-electron chi connectivity index (χ2n) is 5.93. The summed E-state index contributed by atoms with van der Waals surface area (Å²) in [6.07, 6.45) is 6.04. The van der Waals surface area contributed by atoms with Gasteiger partial charge in [0.25, 0.3) is 5.91 Å². The third-order valence-corrected chi connectivity index (χ3v) is 4.09. The van der Waals surface area contributed by atoms with E-state index in [0.717, 1.165) is 35.6 Å². The van der Waals surface area contributed by atoms with Gasteiger partial charge in [-0.05, 0) is 36.8 Å². The molecule has 4 rings (SSSR count). The predicted octanol–water partition coefficient (Wildman–Crippen LogP) is 2.83. The number of aromatic nitrogens is 3. The Morgan fingerprint density at radius 2 is 1.92 bits per heavy atom. The first-order valence-electron chi connectivity index (χ1n) is 8.46. The van der Waals surface area contributed by atoms with Gasteiger partial charge in [-0.2, -0.15) is 0 Å². The van der Waals surface area contributed by atoms with Crippen molar-refractivity contribution in [2.24, 2.45) is 0 Å². The summed E-state index contributed by atoms with van der Waals surface area (Å²) < 4.78 is 0. The van der Waals surface area contributed by atoms with Gasteiger partial charge in [-0.3, -0.25) is 9.78 Å². The van der Waals surface area contributed by atoms with Gasteiger partial charge in [0.1, 0.15) is 0 Å². The Morgan fingerprint density at radius 1 is 1.00 bits per heavy atom. The van der Waals surface area contributed by atoms with Gasteiger partial charge in [0.2, 0.25) is 5.95 Å². The number of anilines is 3. The Balaban J connectivity index is 1.75. The fourth-order valence-corrected chi connectivity index (χ4v) is 2.81. The standard InChI is InChI=1S/C19H18N6O/c26-18-13-3-1-4-14(11-13)24-19-23-10-6-16(25-19)15-5-9-20-12-17(15)21-7-2-8-22-18/h1,3-6,9-12,21H,2,7-8H2,(H,22,26)(H,23,24,25). The maximum Gasteiger partial charge on any atom is 0.251 e. The van der Waals surface area contributed by atoms with Crippen LogP contribution in [0, 0.1) is 0 Å². The normalized spacial score (nSPS) is 13.9. The number of hydrogen-bond acceptors (Lipinski definition) is 6. The Labute approximate surface area is 150 Å². The summed E-state index contributed by atoms with van der Waals surface area (Å²) in [6.45, 7) is 1.31. The first-order chi connectivity index (χ1) is 12.8. The van der Waals surface area contributed by atoms with Crippen LogP contribution in [0.25, 0.3) is 11.3 Å². The number of fused-ring (bicyclic) bond motifs is 6. The van der Waals surface area contributed by atoms with Crippen molar-refractivity contribution < 1.29 is 4.79 Å². The van der Waals surface area contributed by atoms with Crippen LogP contribution in [0.4, 0.5) is 17.3 Å². The number of hydrogen-bond donors (Lipinski definition) is 3. The van der Waals surface area contributed by atoms with Crippen LogP contribution in [0.5, 0.6) is 0 Å². The maximum atomic E-state index is 12.3. The van der Waals surface area contributed by atoms with Gasteiger partial charge >= 0.3 is 0 Å². The third kappa shape index (κ3) is 3.46. The quantitative estimate of drug-likeness (QED) is 0.580. The van der Waals surface area contributed by atoms with Gasteiger partial charge in [-0.1, -0.05) is 6.07 Å². The molecule has 1 aliphatic heterocycles. The summed E-state index contributed by atoms with van der Waals surface area (Å²) >= 11 is 0. The van der Waals surface area contributed by atoms with Gasteiger partial charge in [0.15, 0.2) is 0 Å². The van der Waals surface area contributed by atoms with Crippen LogP contribution in [-0.4, -0.2) is 33.9 Å². The average Bonchev–Trinajstić information content (AvgIpc) is 2.68. The van der Waals surface area contributed by atoms with E-state index >= 15 is 0 Å². The minimum atomic E-state index is -0.0970. The second kappa shape index (κ2) is 7.18. The number of nitrogens with one attached hydrogen (secondary N) is 3. The summed E-state index contributed by atoms with van der Waals surface area (Å²) in [5.41, 5.74) is 4.02. The molecule has 0 saturated heterocycles. The lowest BCUT2D eigenvalue weighted by Crippen LogP contribution is -2.25. The number of carbonyl (C=O) groups excluding carboxylic acids is 1. The van der Waals surface area contributed by atoms with E-state index in [9.17, 15) is 4.79 Å². The number of benzene rings is 1. The number of pyridine rings is 1. The molecule has 3 heterocycles. The van der Waals surface area contributed by atoms with Crippen molar-refractivity contribution in [1.29, 1.82) is 0 Å². The van der Waals surface area contributed by atoms with E-state index in [2.05, 4.69) is 30.9 Å². The number of carbonyl (C=O) groups is 1. The zero-order valence-corrected chi connectivity index (χ0v) is 14.1. The minimum Gasteiger partial charge on any atom is -0.383 e. The Kier molecular flexibility index (Phi) is 4.42. The van der Waals surface area contributed by atoms with Crippen LogP contribution in [0.3, 0.4) is 0 Å². The molecule has 0 atom stereocenters. The van der Waals surface area contributed by atoms with Crippen molar-refractivity contribution in [1.82, 2.24) is 20.3 Å². The lowest BCUT2D eigenvalue weighted by molar-refractivity contribution is 0.0953. The average molecular weight is 346 g/mol. The molecule has 26 heavy (non-hydrogen) atoms. The van der Waals surface area contributed by atoms with Gasteiger partial charge in [-0.25, -0.2) is 9.97 Å². The van der Waals surface area contributed by atoms with Gasteiger partial charge in [0.05, 0.1) is 17.6 Å². The van der Waals surface area contributed by atoms with E-state index in [-0.39, 0.29) is 5.91 Å². The van der Waals surface area contributed by atoms with Crippen LogP contribution in [0.1, 0.15) is 16.8 Å². The molecule has 0 radical (unpaired) electrons. The molecule has 4 bridgehead atoms. The van der Waals surface area contributed by atoms with Crippen molar-refractivity contribution in [2.45, 2.75) is 6.42 Å². The second-order valence-corrected chi connectivity index (χ2v) is 5.93. The largest absolute Gasteiger partial charge is 0.383 e. The first kappa shape index (κ1) is 16.0. The molecule has 7 nitrogen and oxygen atoms in total. The number of nitrogens with zero attached hydrogens (tertiary/aromatic N) is 3. The molecule has 3 N–H and O–H groups in total. The minimum absolute atomic E-state index is 0.0970. The molecule has 0 saturated carbocycles. The molecule has 7 heteroatoms. The highest BCUT2D eigenvalue weighted by Gasteiger charge is 2.10. The topological polar surface area (TPSA) is 91.8 Å². The summed E-state index contributed by atoms with van der Waals surface area (Å²) in [7, 11) is 0. The molecule has 0 aliphatic carbocycles. The molecule has 1 aromatic carbocycles. The maximum absolute atomic E-state index is 12.3. The number of amides is 1. The summed E-state index contributed by atoms with van der Waals surface area (Å²) in [4.78, 5) is 25.4. The Morgan fingerprint density at radius 3 is 2.88 bits per heavy atom. The molecule has 2 aromatic heterocycles. The van der Waals surface area contributed by atoms with Crippen molar-refractivity contribution in [2.75, 3.05) is 23.7 Å². The van der Waals surface area contributed by atoms with E-state index in [1.54, 1.807) is 30.7 Å². The molecule has 1 amide bonds. The van der Waals surface area contributed by atoms with Crippen molar-refractivity contribution in [3.63, 3.8) is 0 Å². The molecule has 0 spiro atoms. The molecule has 0 unspecified atom stereocenters. The zero-order chi connectivity index (χ0) is 17.8. The van der Waals surface area contributed by atoms with Gasteiger partial charge in [-0.15, -0.1) is 0 Å². The van der Waals surface area contributed by atoms with Gasteiger partial charge < -0.3 is 16.0 Å². The highest BCUT2D eigenvalue weighted by molar-refractivity contribution is 5.95. The summed E-state index contributed by atoms with van der Waals surface area (Å²) in [5, 5.41) is 9.47. The van der Waals surface area contributed by atoms with Crippen molar-refractivity contribution >= 4 is 23.2 Å². The SMILES string of the molecule is O=C1NCCCNc2cnccc2-c2ccnc(n2)Nc2cccc1c2. The Bertz CT molecular complexity index is 943. The van der Waals surface area contributed by atoms with E-state index in [4.69, 9.17) is 0 Å². The molecule has 3 aromatic rings. The fourth-order valence-electron chi connectivity index (χ4n) is 2.81. The summed E-state index contributed by atoms with van der Waals surface area (Å²) in [6, 6.07) is 11.1. The van der Waals surface area contributed by atoms with Crippen LogP contribution in [0.2, 0.25) is 0 Å². The van der Waals surface area contributed by atoms with E-state index < -0.39 is 0 Å². The molecule has 1 aliphatic rings. The monoisotopic (exact) mass is 346 g/mol. The lowest BCUT2D eigenvalue weighted by Gasteiger charge is -2.12. The zero-order valence-electron chi connectivity index (χ0n) is 14.1. The number of rotatable bonds is 0. The first-order valence-corrected chi connectivity index (χ1v) is 8.46.